The quantitative estimate of drug-likeness (QED) is 0.588. The van der Waals surface area contributed by atoms with Gasteiger partial charge in [-0.3, -0.25) is 4.99 Å². The maximum Gasteiger partial charge on any atom is 0.257 e. The molecular weight excluding hydrogens is 138 g/mol. The SMILES string of the molecule is CC(C=N)C=NCC(F)F. The third-order valence-electron chi connectivity index (χ3n) is 0.847. The molecule has 0 fully saturated rings. The average Bonchev–Trinajstić information content (AvgIpc) is 1.87. The van der Waals surface area contributed by atoms with Crippen LogP contribution in [0.2, 0.25) is 0 Å². The molecule has 58 valence electrons. The summed E-state index contributed by atoms with van der Waals surface area (Å²) in [6.07, 6.45) is 0.114. The molecule has 0 amide bonds. The summed E-state index contributed by atoms with van der Waals surface area (Å²) >= 11 is 0. The summed E-state index contributed by atoms with van der Waals surface area (Å²) in [4.78, 5) is 3.42. The molecule has 2 nitrogen and oxygen atoms in total. The van der Waals surface area contributed by atoms with Crippen LogP contribution >= 0.6 is 0 Å². The largest absolute Gasteiger partial charge is 0.312 e. The smallest absolute Gasteiger partial charge is 0.257 e. The lowest BCUT2D eigenvalue weighted by Crippen LogP contribution is -2.00. The van der Waals surface area contributed by atoms with Gasteiger partial charge in [0.1, 0.15) is 0 Å². The van der Waals surface area contributed by atoms with Gasteiger partial charge in [-0.05, 0) is 0 Å². The number of nitrogens with zero attached hydrogens (tertiary/aromatic N) is 1. The zero-order chi connectivity index (χ0) is 7.98. The molecule has 0 saturated carbocycles. The molecule has 0 saturated heterocycles. The number of hydrogen-bond donors (Lipinski definition) is 1. The van der Waals surface area contributed by atoms with Gasteiger partial charge < -0.3 is 5.41 Å². The molecule has 0 aromatic carbocycles. The van der Waals surface area contributed by atoms with E-state index in [4.69, 9.17) is 5.41 Å². The first-order chi connectivity index (χ1) is 4.66. The van der Waals surface area contributed by atoms with Crippen LogP contribution in [0.4, 0.5) is 8.78 Å². The van der Waals surface area contributed by atoms with Crippen LogP contribution in [0, 0.1) is 11.3 Å². The van der Waals surface area contributed by atoms with Gasteiger partial charge in [-0.1, -0.05) is 6.92 Å². The fourth-order valence-corrected chi connectivity index (χ4v) is 0.350. The number of aliphatic imine (C=N–C) groups is 1. The average molecular weight is 148 g/mol. The normalized spacial score (nSPS) is 14.4. The van der Waals surface area contributed by atoms with Crippen molar-refractivity contribution in [1.29, 1.82) is 5.41 Å². The van der Waals surface area contributed by atoms with E-state index in [1.807, 2.05) is 0 Å². The van der Waals surface area contributed by atoms with Crippen molar-refractivity contribution in [1.82, 2.24) is 0 Å². The summed E-state index contributed by atoms with van der Waals surface area (Å²) in [5.74, 6) is -0.140. The van der Waals surface area contributed by atoms with Gasteiger partial charge >= 0.3 is 0 Å². The number of halogens is 2. The molecule has 0 heterocycles. The minimum Gasteiger partial charge on any atom is -0.312 e. The number of alkyl halides is 2. The molecule has 0 aromatic heterocycles. The van der Waals surface area contributed by atoms with Crippen molar-refractivity contribution in [2.75, 3.05) is 6.54 Å². The van der Waals surface area contributed by atoms with Gasteiger partial charge in [0.15, 0.2) is 0 Å². The zero-order valence-electron chi connectivity index (χ0n) is 5.72. The van der Waals surface area contributed by atoms with E-state index in [2.05, 4.69) is 4.99 Å². The molecule has 4 heteroatoms. The van der Waals surface area contributed by atoms with Gasteiger partial charge in [0.2, 0.25) is 0 Å². The third-order valence-corrected chi connectivity index (χ3v) is 0.847. The Hall–Kier alpha value is -0.800. The first-order valence-electron chi connectivity index (χ1n) is 2.95. The van der Waals surface area contributed by atoms with Crippen LogP contribution in [0.5, 0.6) is 0 Å². The molecule has 0 aromatic rings. The van der Waals surface area contributed by atoms with E-state index in [1.165, 1.54) is 6.21 Å². The van der Waals surface area contributed by atoms with Crippen molar-refractivity contribution in [2.24, 2.45) is 10.9 Å². The summed E-state index contributed by atoms with van der Waals surface area (Å²) in [6, 6.07) is 0. The standard InChI is InChI=1S/C6H10F2N2/c1-5(2-9)3-10-4-6(7)8/h2-3,5-6,9H,4H2,1H3. The van der Waals surface area contributed by atoms with Crippen molar-refractivity contribution >= 4 is 12.4 Å². The van der Waals surface area contributed by atoms with Crippen molar-refractivity contribution < 1.29 is 8.78 Å². The van der Waals surface area contributed by atoms with E-state index in [0.29, 0.717) is 0 Å². The molecule has 1 atom stereocenters. The molecule has 1 unspecified atom stereocenters. The molecule has 1 N–H and O–H groups in total. The molecule has 0 aliphatic heterocycles. The summed E-state index contributed by atoms with van der Waals surface area (Å²) < 4.78 is 22.8. The van der Waals surface area contributed by atoms with Crippen LogP contribution in [0.3, 0.4) is 0 Å². The molecule has 0 aliphatic carbocycles. The van der Waals surface area contributed by atoms with E-state index < -0.39 is 13.0 Å². The van der Waals surface area contributed by atoms with Crippen LogP contribution in [-0.2, 0) is 0 Å². The van der Waals surface area contributed by atoms with E-state index in [9.17, 15) is 8.78 Å². The Kier molecular flexibility index (Phi) is 4.62. The van der Waals surface area contributed by atoms with Gasteiger partial charge in [-0.2, -0.15) is 0 Å². The highest BCUT2D eigenvalue weighted by molar-refractivity contribution is 5.81. The van der Waals surface area contributed by atoms with Crippen molar-refractivity contribution in [3.63, 3.8) is 0 Å². The molecule has 0 rings (SSSR count). The number of hydrogen-bond acceptors (Lipinski definition) is 2. The summed E-state index contributed by atoms with van der Waals surface area (Å²) in [7, 11) is 0. The van der Waals surface area contributed by atoms with Gasteiger partial charge in [-0.25, -0.2) is 8.78 Å². The number of nitrogens with one attached hydrogen (secondary N) is 1. The monoisotopic (exact) mass is 148 g/mol. The predicted molar refractivity (Wildman–Crippen MR) is 37.3 cm³/mol. The second-order valence-corrected chi connectivity index (χ2v) is 1.93. The molecule has 0 spiro atoms. The summed E-state index contributed by atoms with van der Waals surface area (Å²) in [6.45, 7) is 1.25. The lowest BCUT2D eigenvalue weighted by atomic mass is 10.2. The van der Waals surface area contributed by atoms with Gasteiger partial charge in [0, 0.05) is 18.3 Å². The third kappa shape index (κ3) is 5.34. The molecule has 10 heavy (non-hydrogen) atoms. The Morgan fingerprint density at radius 1 is 1.60 bits per heavy atom. The van der Waals surface area contributed by atoms with E-state index in [-0.39, 0.29) is 5.92 Å². The Morgan fingerprint density at radius 3 is 2.60 bits per heavy atom. The fourth-order valence-electron chi connectivity index (χ4n) is 0.350. The van der Waals surface area contributed by atoms with Crippen LogP contribution in [0.1, 0.15) is 6.92 Å². The second-order valence-electron chi connectivity index (χ2n) is 1.93. The maximum absolute atomic E-state index is 11.4. The highest BCUT2D eigenvalue weighted by Crippen LogP contribution is 1.92. The van der Waals surface area contributed by atoms with Crippen molar-refractivity contribution in [2.45, 2.75) is 13.3 Å². The van der Waals surface area contributed by atoms with Crippen molar-refractivity contribution in [3.05, 3.63) is 0 Å². The van der Waals surface area contributed by atoms with Gasteiger partial charge in [0.05, 0.1) is 6.54 Å². The molecular formula is C6H10F2N2. The van der Waals surface area contributed by atoms with Gasteiger partial charge in [-0.15, -0.1) is 0 Å². The highest BCUT2D eigenvalue weighted by Gasteiger charge is 1.97. The topological polar surface area (TPSA) is 36.2 Å². The molecule has 0 bridgehead atoms. The van der Waals surface area contributed by atoms with Crippen LogP contribution in [-0.4, -0.2) is 25.4 Å². The maximum atomic E-state index is 11.4. The zero-order valence-corrected chi connectivity index (χ0v) is 5.72. The first-order valence-corrected chi connectivity index (χ1v) is 2.95. The fraction of sp³-hybridized carbons (Fsp3) is 0.667. The minimum atomic E-state index is -2.38. The van der Waals surface area contributed by atoms with Gasteiger partial charge in [0.25, 0.3) is 6.43 Å². The predicted octanol–water partition coefficient (Wildman–Crippen LogP) is 1.61. The first kappa shape index (κ1) is 9.20. The van der Waals surface area contributed by atoms with Crippen LogP contribution in [0.15, 0.2) is 4.99 Å². The lowest BCUT2D eigenvalue weighted by Gasteiger charge is -1.93. The van der Waals surface area contributed by atoms with E-state index >= 15 is 0 Å². The Bertz CT molecular complexity index is 123. The number of rotatable bonds is 4. The minimum absolute atomic E-state index is 0.140. The Labute approximate surface area is 58.5 Å². The Balaban J connectivity index is 3.45. The highest BCUT2D eigenvalue weighted by atomic mass is 19.3. The van der Waals surface area contributed by atoms with Crippen molar-refractivity contribution in [3.8, 4) is 0 Å². The lowest BCUT2D eigenvalue weighted by molar-refractivity contribution is 0.159. The van der Waals surface area contributed by atoms with Crippen LogP contribution in [0.25, 0.3) is 0 Å². The summed E-state index contributed by atoms with van der Waals surface area (Å²) in [5.41, 5.74) is 0. The Morgan fingerprint density at radius 2 is 2.20 bits per heavy atom. The van der Waals surface area contributed by atoms with Crippen LogP contribution < -0.4 is 0 Å². The van der Waals surface area contributed by atoms with E-state index in [0.717, 1.165) is 6.21 Å². The summed E-state index contributed by atoms with van der Waals surface area (Å²) in [5, 5.41) is 6.69. The second kappa shape index (κ2) is 5.02. The molecule has 0 aliphatic rings. The molecule has 0 radical (unpaired) electrons. The van der Waals surface area contributed by atoms with E-state index in [1.54, 1.807) is 6.92 Å².